The standard InChI is InChI=1S/C14H10Cl2INO/c1-8-6-10(17)3-5-13(8)18-14(19)11-7-9(15)2-4-12(11)16/h2-7H,1H3,(H,18,19). The zero-order valence-electron chi connectivity index (χ0n) is 10.0. The van der Waals surface area contributed by atoms with E-state index in [4.69, 9.17) is 23.2 Å². The van der Waals surface area contributed by atoms with E-state index in [1.165, 1.54) is 0 Å². The van der Waals surface area contributed by atoms with E-state index in [-0.39, 0.29) is 5.91 Å². The van der Waals surface area contributed by atoms with Gasteiger partial charge in [-0.15, -0.1) is 0 Å². The van der Waals surface area contributed by atoms with Crippen LogP contribution in [0, 0.1) is 10.5 Å². The second kappa shape index (κ2) is 6.11. The summed E-state index contributed by atoms with van der Waals surface area (Å²) in [4.78, 5) is 12.2. The molecule has 0 aliphatic heterocycles. The molecule has 19 heavy (non-hydrogen) atoms. The Morgan fingerprint density at radius 1 is 1.16 bits per heavy atom. The molecule has 0 atom stereocenters. The number of carbonyl (C=O) groups is 1. The van der Waals surface area contributed by atoms with Gasteiger partial charge in [0.1, 0.15) is 0 Å². The van der Waals surface area contributed by atoms with Crippen LogP contribution in [0.2, 0.25) is 10.0 Å². The van der Waals surface area contributed by atoms with E-state index in [0.29, 0.717) is 15.6 Å². The van der Waals surface area contributed by atoms with Gasteiger partial charge < -0.3 is 5.32 Å². The van der Waals surface area contributed by atoms with Crippen molar-refractivity contribution in [1.29, 1.82) is 0 Å². The van der Waals surface area contributed by atoms with Crippen LogP contribution >= 0.6 is 45.8 Å². The van der Waals surface area contributed by atoms with Crippen molar-refractivity contribution in [3.63, 3.8) is 0 Å². The van der Waals surface area contributed by atoms with Gasteiger partial charge in [-0.2, -0.15) is 0 Å². The van der Waals surface area contributed by atoms with E-state index in [0.717, 1.165) is 14.8 Å². The highest BCUT2D eigenvalue weighted by molar-refractivity contribution is 14.1. The summed E-state index contributed by atoms with van der Waals surface area (Å²) in [5.74, 6) is -0.267. The average molecular weight is 406 g/mol. The van der Waals surface area contributed by atoms with Crippen molar-refractivity contribution >= 4 is 57.4 Å². The predicted molar refractivity (Wildman–Crippen MR) is 88.3 cm³/mol. The van der Waals surface area contributed by atoms with Crippen molar-refractivity contribution in [1.82, 2.24) is 0 Å². The third-order valence-electron chi connectivity index (χ3n) is 2.61. The number of benzene rings is 2. The maximum absolute atomic E-state index is 12.2. The Labute approximate surface area is 135 Å². The van der Waals surface area contributed by atoms with Crippen LogP contribution in [0.4, 0.5) is 5.69 Å². The molecule has 98 valence electrons. The molecule has 5 heteroatoms. The molecule has 0 unspecified atom stereocenters. The Hall–Kier alpha value is -0.780. The van der Waals surface area contributed by atoms with Crippen LogP contribution in [0.25, 0.3) is 0 Å². The zero-order chi connectivity index (χ0) is 14.0. The monoisotopic (exact) mass is 405 g/mol. The fourth-order valence-electron chi connectivity index (χ4n) is 1.63. The Kier molecular flexibility index (Phi) is 4.71. The molecular weight excluding hydrogens is 396 g/mol. The molecule has 0 aliphatic rings. The van der Waals surface area contributed by atoms with Gasteiger partial charge in [-0.05, 0) is 71.5 Å². The summed E-state index contributed by atoms with van der Waals surface area (Å²) in [5, 5.41) is 3.70. The van der Waals surface area contributed by atoms with E-state index in [9.17, 15) is 4.79 Å². The average Bonchev–Trinajstić information content (AvgIpc) is 2.35. The summed E-state index contributed by atoms with van der Waals surface area (Å²) in [7, 11) is 0. The molecule has 0 aliphatic carbocycles. The molecule has 0 fully saturated rings. The van der Waals surface area contributed by atoms with Crippen molar-refractivity contribution < 1.29 is 4.79 Å². The van der Waals surface area contributed by atoms with Crippen molar-refractivity contribution in [2.24, 2.45) is 0 Å². The topological polar surface area (TPSA) is 29.1 Å². The molecule has 1 amide bonds. The largest absolute Gasteiger partial charge is 0.322 e. The highest BCUT2D eigenvalue weighted by Gasteiger charge is 2.12. The molecule has 0 heterocycles. The lowest BCUT2D eigenvalue weighted by molar-refractivity contribution is 0.102. The number of halogens is 3. The number of hydrogen-bond donors (Lipinski definition) is 1. The Morgan fingerprint density at radius 2 is 1.89 bits per heavy atom. The molecule has 1 N–H and O–H groups in total. The molecule has 0 radical (unpaired) electrons. The molecule has 0 saturated carbocycles. The van der Waals surface area contributed by atoms with Gasteiger partial charge in [-0.1, -0.05) is 23.2 Å². The first kappa shape index (κ1) is 14.6. The minimum absolute atomic E-state index is 0.267. The summed E-state index contributed by atoms with van der Waals surface area (Å²) in [5.41, 5.74) is 2.13. The number of rotatable bonds is 2. The van der Waals surface area contributed by atoms with Crippen LogP contribution < -0.4 is 5.32 Å². The summed E-state index contributed by atoms with van der Waals surface area (Å²) in [6.45, 7) is 1.94. The number of nitrogens with one attached hydrogen (secondary N) is 1. The van der Waals surface area contributed by atoms with Crippen LogP contribution in [0.3, 0.4) is 0 Å². The smallest absolute Gasteiger partial charge is 0.257 e. The maximum atomic E-state index is 12.2. The van der Waals surface area contributed by atoms with Crippen molar-refractivity contribution in [3.05, 3.63) is 61.1 Å². The maximum Gasteiger partial charge on any atom is 0.257 e. The molecule has 0 aromatic heterocycles. The number of anilines is 1. The molecule has 2 aromatic carbocycles. The van der Waals surface area contributed by atoms with Crippen LogP contribution in [0.1, 0.15) is 15.9 Å². The summed E-state index contributed by atoms with van der Waals surface area (Å²) in [6, 6.07) is 10.6. The van der Waals surface area contributed by atoms with Gasteiger partial charge in [-0.3, -0.25) is 4.79 Å². The lowest BCUT2D eigenvalue weighted by Gasteiger charge is -2.10. The Bertz CT molecular complexity index is 643. The van der Waals surface area contributed by atoms with Gasteiger partial charge in [0.2, 0.25) is 0 Å². The minimum atomic E-state index is -0.267. The summed E-state index contributed by atoms with van der Waals surface area (Å²) >= 11 is 14.1. The van der Waals surface area contributed by atoms with Crippen LogP contribution in [0.5, 0.6) is 0 Å². The second-order valence-electron chi connectivity index (χ2n) is 4.04. The van der Waals surface area contributed by atoms with Gasteiger partial charge in [-0.25, -0.2) is 0 Å². The van der Waals surface area contributed by atoms with Gasteiger partial charge in [0, 0.05) is 14.3 Å². The molecule has 2 aromatic rings. The van der Waals surface area contributed by atoms with Crippen molar-refractivity contribution in [2.45, 2.75) is 6.92 Å². The van der Waals surface area contributed by atoms with Crippen LogP contribution in [-0.2, 0) is 0 Å². The fraction of sp³-hybridized carbons (Fsp3) is 0.0714. The normalized spacial score (nSPS) is 10.3. The molecule has 0 saturated heterocycles. The first-order valence-corrected chi connectivity index (χ1v) is 7.33. The van der Waals surface area contributed by atoms with Crippen molar-refractivity contribution in [3.8, 4) is 0 Å². The number of aryl methyl sites for hydroxylation is 1. The minimum Gasteiger partial charge on any atom is -0.322 e. The van der Waals surface area contributed by atoms with E-state index < -0.39 is 0 Å². The van der Waals surface area contributed by atoms with Crippen molar-refractivity contribution in [2.75, 3.05) is 5.32 Å². The lowest BCUT2D eigenvalue weighted by atomic mass is 10.1. The zero-order valence-corrected chi connectivity index (χ0v) is 13.7. The quantitative estimate of drug-likeness (QED) is 0.687. The first-order valence-electron chi connectivity index (χ1n) is 5.50. The molecule has 0 bridgehead atoms. The fourth-order valence-corrected chi connectivity index (χ4v) is 2.65. The molecule has 0 spiro atoms. The van der Waals surface area contributed by atoms with Gasteiger partial charge >= 0.3 is 0 Å². The Morgan fingerprint density at radius 3 is 2.58 bits per heavy atom. The molecule has 2 rings (SSSR count). The van der Waals surface area contributed by atoms with Gasteiger partial charge in [0.15, 0.2) is 0 Å². The second-order valence-corrected chi connectivity index (χ2v) is 6.13. The molecule has 2 nitrogen and oxygen atoms in total. The third-order valence-corrected chi connectivity index (χ3v) is 3.85. The van der Waals surface area contributed by atoms with E-state index >= 15 is 0 Å². The van der Waals surface area contributed by atoms with Gasteiger partial charge in [0.05, 0.1) is 10.6 Å². The van der Waals surface area contributed by atoms with Crippen LogP contribution in [-0.4, -0.2) is 5.91 Å². The Balaban J connectivity index is 2.28. The third kappa shape index (κ3) is 3.61. The van der Waals surface area contributed by atoms with E-state index in [1.54, 1.807) is 18.2 Å². The van der Waals surface area contributed by atoms with Gasteiger partial charge in [0.25, 0.3) is 5.91 Å². The number of carbonyl (C=O) groups excluding carboxylic acids is 1. The number of amides is 1. The highest BCUT2D eigenvalue weighted by Crippen LogP contribution is 2.23. The first-order chi connectivity index (χ1) is 8.97. The van der Waals surface area contributed by atoms with E-state index in [1.807, 2.05) is 25.1 Å². The summed E-state index contributed by atoms with van der Waals surface area (Å²) < 4.78 is 1.12. The van der Waals surface area contributed by atoms with E-state index in [2.05, 4.69) is 27.9 Å². The number of hydrogen-bond acceptors (Lipinski definition) is 1. The highest BCUT2D eigenvalue weighted by atomic mass is 127. The predicted octanol–water partition coefficient (Wildman–Crippen LogP) is 5.16. The molecular formula is C14H10Cl2INO. The lowest BCUT2D eigenvalue weighted by Crippen LogP contribution is -2.13. The SMILES string of the molecule is Cc1cc(I)ccc1NC(=O)c1cc(Cl)ccc1Cl. The van der Waals surface area contributed by atoms with Crippen LogP contribution in [0.15, 0.2) is 36.4 Å². The summed E-state index contributed by atoms with van der Waals surface area (Å²) in [6.07, 6.45) is 0.